The Kier molecular flexibility index (Phi) is 5.32. The third kappa shape index (κ3) is 4.52. The van der Waals surface area contributed by atoms with Crippen molar-refractivity contribution in [2.45, 2.75) is 26.6 Å². The van der Waals surface area contributed by atoms with Gasteiger partial charge in [0.25, 0.3) is 5.91 Å². The molecule has 0 radical (unpaired) electrons. The van der Waals surface area contributed by atoms with Gasteiger partial charge in [-0.1, -0.05) is 13.8 Å². The normalized spacial score (nSPS) is 16.4. The van der Waals surface area contributed by atoms with Crippen molar-refractivity contribution >= 4 is 16.9 Å². The average Bonchev–Trinajstić information content (AvgIpc) is 2.88. The van der Waals surface area contributed by atoms with E-state index < -0.39 is 18.4 Å². The first-order valence-corrected chi connectivity index (χ1v) is 8.95. The minimum Gasteiger partial charge on any atom is -0.336 e. The number of nitrogens with zero attached hydrogens (tertiary/aromatic N) is 3. The molecule has 0 aliphatic carbocycles. The zero-order chi connectivity index (χ0) is 19.8. The molecule has 9 heteroatoms. The van der Waals surface area contributed by atoms with Gasteiger partial charge in [-0.3, -0.25) is 14.3 Å². The molecule has 1 aliphatic rings. The van der Waals surface area contributed by atoms with Gasteiger partial charge in [0, 0.05) is 38.3 Å². The second-order valence-corrected chi connectivity index (χ2v) is 7.35. The second-order valence-electron chi connectivity index (χ2n) is 7.35. The van der Waals surface area contributed by atoms with Crippen molar-refractivity contribution in [1.29, 1.82) is 0 Å². The lowest BCUT2D eigenvalue weighted by Crippen LogP contribution is -2.49. The maximum atomic E-state index is 12.7. The number of piperazine rings is 1. The lowest BCUT2D eigenvalue weighted by molar-refractivity contribution is -0.140. The van der Waals surface area contributed by atoms with E-state index in [1.165, 1.54) is 18.2 Å². The van der Waals surface area contributed by atoms with E-state index in [9.17, 15) is 22.8 Å². The highest BCUT2D eigenvalue weighted by Gasteiger charge is 2.30. The number of hydrogen-bond donors (Lipinski definition) is 1. The first kappa shape index (κ1) is 19.5. The maximum absolute atomic E-state index is 12.7. The third-order valence-electron chi connectivity index (χ3n) is 4.64. The number of aromatic nitrogens is 2. The van der Waals surface area contributed by atoms with Crippen molar-refractivity contribution in [2.75, 3.05) is 32.7 Å². The summed E-state index contributed by atoms with van der Waals surface area (Å²) in [5, 5.41) is 0. The van der Waals surface area contributed by atoms with Crippen LogP contribution >= 0.6 is 0 Å². The minimum absolute atomic E-state index is 0.135. The Morgan fingerprint density at radius 3 is 2.44 bits per heavy atom. The molecule has 148 valence electrons. The highest BCUT2D eigenvalue weighted by molar-refractivity contribution is 5.97. The molecule has 1 N–H and O–H groups in total. The van der Waals surface area contributed by atoms with Crippen LogP contribution in [0.15, 0.2) is 23.0 Å². The van der Waals surface area contributed by atoms with Gasteiger partial charge in [0.1, 0.15) is 6.54 Å². The second kappa shape index (κ2) is 7.38. The van der Waals surface area contributed by atoms with Crippen LogP contribution in [0.25, 0.3) is 11.0 Å². The van der Waals surface area contributed by atoms with E-state index >= 15 is 0 Å². The van der Waals surface area contributed by atoms with Crippen molar-refractivity contribution in [3.05, 3.63) is 34.2 Å². The molecule has 6 nitrogen and oxygen atoms in total. The Labute approximate surface area is 154 Å². The molecular weight excluding hydrogens is 361 g/mol. The highest BCUT2D eigenvalue weighted by Crippen LogP contribution is 2.21. The van der Waals surface area contributed by atoms with Crippen LogP contribution in [0.3, 0.4) is 0 Å². The van der Waals surface area contributed by atoms with Crippen LogP contribution in [0, 0.1) is 5.92 Å². The van der Waals surface area contributed by atoms with Gasteiger partial charge in [-0.05, 0) is 24.1 Å². The Balaban J connectivity index is 1.76. The number of nitrogens with one attached hydrogen (secondary N) is 1. The molecule has 1 saturated heterocycles. The van der Waals surface area contributed by atoms with Gasteiger partial charge in [0.2, 0.25) is 0 Å². The molecule has 0 unspecified atom stereocenters. The molecule has 3 rings (SSSR count). The predicted octanol–water partition coefficient (Wildman–Crippen LogP) is 2.31. The van der Waals surface area contributed by atoms with Crippen molar-refractivity contribution in [3.8, 4) is 0 Å². The van der Waals surface area contributed by atoms with Crippen molar-refractivity contribution in [1.82, 2.24) is 19.4 Å². The summed E-state index contributed by atoms with van der Waals surface area (Å²) in [5.74, 6) is 0.387. The zero-order valence-electron chi connectivity index (χ0n) is 15.3. The molecule has 1 aromatic carbocycles. The van der Waals surface area contributed by atoms with Gasteiger partial charge in [-0.25, -0.2) is 4.79 Å². The van der Waals surface area contributed by atoms with Crippen molar-refractivity contribution in [2.24, 2.45) is 5.92 Å². The molecule has 1 fully saturated rings. The van der Waals surface area contributed by atoms with E-state index in [4.69, 9.17) is 0 Å². The Hall–Kier alpha value is -2.29. The van der Waals surface area contributed by atoms with E-state index in [1.54, 1.807) is 4.90 Å². The fourth-order valence-corrected chi connectivity index (χ4v) is 3.47. The minimum atomic E-state index is -4.50. The summed E-state index contributed by atoms with van der Waals surface area (Å²) in [6.07, 6.45) is -4.50. The van der Waals surface area contributed by atoms with Gasteiger partial charge < -0.3 is 9.88 Å². The summed E-state index contributed by atoms with van der Waals surface area (Å²) < 4.78 is 38.6. The number of carbonyl (C=O) groups is 1. The van der Waals surface area contributed by atoms with Crippen LogP contribution < -0.4 is 5.69 Å². The lowest BCUT2D eigenvalue weighted by Gasteiger charge is -2.35. The number of rotatable bonds is 4. The summed E-state index contributed by atoms with van der Waals surface area (Å²) in [7, 11) is 0. The van der Waals surface area contributed by atoms with Crippen LogP contribution in [0.5, 0.6) is 0 Å². The largest absolute Gasteiger partial charge is 0.406 e. The molecule has 1 aromatic heterocycles. The smallest absolute Gasteiger partial charge is 0.336 e. The van der Waals surface area contributed by atoms with Crippen molar-refractivity contribution < 1.29 is 18.0 Å². The fraction of sp³-hybridized carbons (Fsp3) is 0.556. The maximum Gasteiger partial charge on any atom is 0.406 e. The molecule has 1 amide bonds. The summed E-state index contributed by atoms with van der Waals surface area (Å²) in [6.45, 7) is 6.73. The molecule has 0 spiro atoms. The third-order valence-corrected chi connectivity index (χ3v) is 4.64. The quantitative estimate of drug-likeness (QED) is 0.880. The number of carbonyl (C=O) groups excluding carboxylic acids is 1. The van der Waals surface area contributed by atoms with Gasteiger partial charge in [0.05, 0.1) is 11.0 Å². The average molecular weight is 384 g/mol. The molecule has 2 heterocycles. The highest BCUT2D eigenvalue weighted by atomic mass is 19.4. The molecule has 2 aromatic rings. The van der Waals surface area contributed by atoms with Crippen LogP contribution in [0.1, 0.15) is 24.2 Å². The van der Waals surface area contributed by atoms with E-state index in [-0.39, 0.29) is 16.9 Å². The predicted molar refractivity (Wildman–Crippen MR) is 95.8 cm³/mol. The summed E-state index contributed by atoms with van der Waals surface area (Å²) in [5.41, 5.74) is -0.112. The number of amides is 1. The van der Waals surface area contributed by atoms with E-state index in [0.717, 1.165) is 19.6 Å². The molecule has 1 aliphatic heterocycles. The van der Waals surface area contributed by atoms with Gasteiger partial charge >= 0.3 is 11.9 Å². The first-order chi connectivity index (χ1) is 12.6. The molecule has 0 atom stereocenters. The van der Waals surface area contributed by atoms with Crippen LogP contribution in [0.2, 0.25) is 0 Å². The lowest BCUT2D eigenvalue weighted by atomic mass is 10.1. The monoisotopic (exact) mass is 384 g/mol. The summed E-state index contributed by atoms with van der Waals surface area (Å²) in [6, 6.07) is 4.32. The van der Waals surface area contributed by atoms with Gasteiger partial charge in [-0.2, -0.15) is 13.2 Å². The molecule has 0 saturated carbocycles. The zero-order valence-corrected chi connectivity index (χ0v) is 15.3. The van der Waals surface area contributed by atoms with E-state index in [1.807, 2.05) is 0 Å². The number of aromatic amines is 1. The van der Waals surface area contributed by atoms with Crippen molar-refractivity contribution in [3.63, 3.8) is 0 Å². The Bertz CT molecular complexity index is 877. The van der Waals surface area contributed by atoms with Crippen LogP contribution in [-0.4, -0.2) is 64.2 Å². The number of halogens is 3. The first-order valence-electron chi connectivity index (χ1n) is 8.95. The summed E-state index contributed by atoms with van der Waals surface area (Å²) >= 11 is 0. The fourth-order valence-electron chi connectivity index (χ4n) is 3.47. The number of fused-ring (bicyclic) bond motifs is 1. The topological polar surface area (TPSA) is 61.3 Å². The van der Waals surface area contributed by atoms with Crippen LogP contribution in [0.4, 0.5) is 13.2 Å². The number of imidazole rings is 1. The number of H-pyrrole nitrogens is 1. The SMILES string of the molecule is CC(C)CN1CCN(C(=O)c2ccc3c(c2)[nH]c(=O)n3CC(F)(F)F)CC1. The van der Waals surface area contributed by atoms with E-state index in [0.29, 0.717) is 29.1 Å². The number of benzene rings is 1. The standard InChI is InChI=1S/C18H23F3N4O2/c1-12(2)10-23-5-7-24(8-6-23)16(26)13-3-4-15-14(9-13)22-17(27)25(15)11-18(19,20)21/h3-4,9,12H,5-8,10-11H2,1-2H3,(H,22,27). The van der Waals surface area contributed by atoms with Crippen LogP contribution in [-0.2, 0) is 6.54 Å². The number of hydrogen-bond acceptors (Lipinski definition) is 3. The van der Waals surface area contributed by atoms with Gasteiger partial charge in [-0.15, -0.1) is 0 Å². The Morgan fingerprint density at radius 1 is 1.19 bits per heavy atom. The Morgan fingerprint density at radius 2 is 1.85 bits per heavy atom. The molecule has 0 bridgehead atoms. The molecular formula is C18H23F3N4O2. The molecule has 27 heavy (non-hydrogen) atoms. The van der Waals surface area contributed by atoms with Gasteiger partial charge in [0.15, 0.2) is 0 Å². The summed E-state index contributed by atoms with van der Waals surface area (Å²) in [4.78, 5) is 31.0. The number of alkyl halides is 3. The van der Waals surface area contributed by atoms with E-state index in [2.05, 4.69) is 23.7 Å².